The van der Waals surface area contributed by atoms with Crippen LogP contribution in [0.3, 0.4) is 0 Å². The van der Waals surface area contributed by atoms with E-state index < -0.39 is 5.82 Å². The van der Waals surface area contributed by atoms with Gasteiger partial charge in [0, 0.05) is 3.57 Å². The number of amides is 1. The van der Waals surface area contributed by atoms with Crippen molar-refractivity contribution in [2.24, 2.45) is 0 Å². The molecule has 0 spiro atoms. The molecule has 2 aromatic carbocycles. The molecule has 1 amide bonds. The van der Waals surface area contributed by atoms with Crippen molar-refractivity contribution < 1.29 is 9.18 Å². The van der Waals surface area contributed by atoms with Crippen molar-refractivity contribution in [3.63, 3.8) is 0 Å². The molecule has 0 bridgehead atoms. The lowest BCUT2D eigenvalue weighted by atomic mass is 10.1. The Morgan fingerprint density at radius 1 is 1.35 bits per heavy atom. The summed E-state index contributed by atoms with van der Waals surface area (Å²) in [5.41, 5.74) is 1.92. The van der Waals surface area contributed by atoms with Gasteiger partial charge in [-0.2, -0.15) is 5.26 Å². The fourth-order valence-corrected chi connectivity index (χ4v) is 2.33. The van der Waals surface area contributed by atoms with Crippen LogP contribution in [-0.4, -0.2) is 5.91 Å². The summed E-state index contributed by atoms with van der Waals surface area (Å²) in [5, 5.41) is 11.6. The Bertz CT molecular complexity index is 722. The number of anilines is 1. The summed E-state index contributed by atoms with van der Waals surface area (Å²) >= 11 is 2.10. The maximum absolute atomic E-state index is 13.0. The van der Waals surface area contributed by atoms with Crippen molar-refractivity contribution in [3.8, 4) is 6.07 Å². The summed E-state index contributed by atoms with van der Waals surface area (Å²) in [6.07, 6.45) is 0. The second kappa shape index (κ2) is 6.01. The van der Waals surface area contributed by atoms with E-state index in [2.05, 4.69) is 27.9 Å². The van der Waals surface area contributed by atoms with Gasteiger partial charge in [0.2, 0.25) is 0 Å². The Hall–Kier alpha value is -1.94. The van der Waals surface area contributed by atoms with Gasteiger partial charge >= 0.3 is 0 Å². The highest BCUT2D eigenvalue weighted by molar-refractivity contribution is 14.1. The minimum atomic E-state index is -0.510. The Kier molecular flexibility index (Phi) is 4.35. The molecule has 0 saturated heterocycles. The molecule has 0 aromatic heterocycles. The third-order valence-electron chi connectivity index (χ3n) is 2.79. The summed E-state index contributed by atoms with van der Waals surface area (Å²) in [4.78, 5) is 12.2. The average molecular weight is 380 g/mol. The van der Waals surface area contributed by atoms with Crippen LogP contribution >= 0.6 is 22.6 Å². The molecule has 20 heavy (non-hydrogen) atoms. The van der Waals surface area contributed by atoms with E-state index in [9.17, 15) is 9.18 Å². The van der Waals surface area contributed by atoms with E-state index in [1.807, 2.05) is 19.1 Å². The summed E-state index contributed by atoms with van der Waals surface area (Å²) in [5.74, 6) is -0.828. The van der Waals surface area contributed by atoms with Crippen molar-refractivity contribution in [1.29, 1.82) is 5.26 Å². The zero-order chi connectivity index (χ0) is 14.7. The highest BCUT2D eigenvalue weighted by atomic mass is 127. The van der Waals surface area contributed by atoms with Crippen LogP contribution < -0.4 is 5.32 Å². The number of nitriles is 1. The van der Waals surface area contributed by atoms with Crippen LogP contribution in [0.4, 0.5) is 10.1 Å². The van der Waals surface area contributed by atoms with Gasteiger partial charge < -0.3 is 5.32 Å². The van der Waals surface area contributed by atoms with E-state index in [0.29, 0.717) is 11.3 Å². The Morgan fingerprint density at radius 2 is 2.10 bits per heavy atom. The summed E-state index contributed by atoms with van der Waals surface area (Å²) in [7, 11) is 0. The second-order valence-electron chi connectivity index (χ2n) is 4.19. The molecule has 0 unspecified atom stereocenters. The molecule has 0 aliphatic carbocycles. The molecular weight excluding hydrogens is 370 g/mol. The smallest absolute Gasteiger partial charge is 0.256 e. The predicted molar refractivity (Wildman–Crippen MR) is 83.0 cm³/mol. The molecule has 0 atom stereocenters. The molecule has 2 rings (SSSR count). The first kappa shape index (κ1) is 14.5. The first-order valence-corrected chi connectivity index (χ1v) is 6.87. The molecule has 0 heterocycles. The van der Waals surface area contributed by atoms with Gasteiger partial charge in [0.05, 0.1) is 16.8 Å². The van der Waals surface area contributed by atoms with Crippen LogP contribution in [0.1, 0.15) is 21.5 Å². The Balaban J connectivity index is 2.33. The van der Waals surface area contributed by atoms with E-state index in [0.717, 1.165) is 15.2 Å². The van der Waals surface area contributed by atoms with Crippen molar-refractivity contribution in [2.75, 3.05) is 5.32 Å². The number of hydrogen-bond acceptors (Lipinski definition) is 2. The average Bonchev–Trinajstić information content (AvgIpc) is 2.43. The van der Waals surface area contributed by atoms with Crippen LogP contribution in [0, 0.1) is 27.6 Å². The van der Waals surface area contributed by atoms with Crippen LogP contribution in [0.25, 0.3) is 0 Å². The standard InChI is InChI=1S/C15H10FIN2O/c1-9-3-2-4-12(14(9)17)15(20)19-13-6-5-11(16)7-10(13)8-18/h2-7H,1H3,(H,19,20). The van der Waals surface area contributed by atoms with Gasteiger partial charge in [0.25, 0.3) is 5.91 Å². The maximum atomic E-state index is 13.0. The fraction of sp³-hybridized carbons (Fsp3) is 0.0667. The summed E-state index contributed by atoms with van der Waals surface area (Å²) in [6.45, 7) is 1.91. The number of carbonyl (C=O) groups excluding carboxylic acids is 1. The number of aryl methyl sites for hydroxylation is 1. The number of rotatable bonds is 2. The largest absolute Gasteiger partial charge is 0.321 e. The number of benzene rings is 2. The fourth-order valence-electron chi connectivity index (χ4n) is 1.73. The third-order valence-corrected chi connectivity index (χ3v) is 4.22. The first-order valence-electron chi connectivity index (χ1n) is 5.79. The molecule has 2 aromatic rings. The second-order valence-corrected chi connectivity index (χ2v) is 5.27. The van der Waals surface area contributed by atoms with Crippen molar-refractivity contribution in [2.45, 2.75) is 6.92 Å². The minimum Gasteiger partial charge on any atom is -0.321 e. The summed E-state index contributed by atoms with van der Waals surface area (Å²) in [6, 6.07) is 11.0. The highest BCUT2D eigenvalue weighted by Gasteiger charge is 2.13. The molecule has 0 saturated carbocycles. The third kappa shape index (κ3) is 2.96. The molecule has 0 fully saturated rings. The van der Waals surface area contributed by atoms with E-state index in [-0.39, 0.29) is 11.5 Å². The predicted octanol–water partition coefficient (Wildman–Crippen LogP) is 3.86. The van der Waals surface area contributed by atoms with E-state index in [4.69, 9.17) is 5.26 Å². The van der Waals surface area contributed by atoms with Gasteiger partial charge in [-0.1, -0.05) is 12.1 Å². The lowest BCUT2D eigenvalue weighted by molar-refractivity contribution is 0.102. The first-order chi connectivity index (χ1) is 9.52. The van der Waals surface area contributed by atoms with Gasteiger partial charge in [0.1, 0.15) is 11.9 Å². The van der Waals surface area contributed by atoms with E-state index in [1.165, 1.54) is 12.1 Å². The van der Waals surface area contributed by atoms with Gasteiger partial charge in [-0.15, -0.1) is 0 Å². The Morgan fingerprint density at radius 3 is 2.80 bits per heavy atom. The van der Waals surface area contributed by atoms with Gasteiger partial charge in [-0.25, -0.2) is 4.39 Å². The summed E-state index contributed by atoms with van der Waals surface area (Å²) < 4.78 is 13.9. The monoisotopic (exact) mass is 380 g/mol. The van der Waals surface area contributed by atoms with Crippen molar-refractivity contribution in [3.05, 3.63) is 62.5 Å². The lowest BCUT2D eigenvalue weighted by Crippen LogP contribution is -2.14. The molecule has 3 nitrogen and oxygen atoms in total. The molecule has 0 radical (unpaired) electrons. The zero-order valence-corrected chi connectivity index (χ0v) is 12.7. The molecule has 1 N–H and O–H groups in total. The number of halogens is 2. The van der Waals surface area contributed by atoms with E-state index in [1.54, 1.807) is 12.1 Å². The normalized spacial score (nSPS) is 9.90. The van der Waals surface area contributed by atoms with Crippen LogP contribution in [0.15, 0.2) is 36.4 Å². The number of hydrogen-bond donors (Lipinski definition) is 1. The maximum Gasteiger partial charge on any atom is 0.256 e. The lowest BCUT2D eigenvalue weighted by Gasteiger charge is -2.09. The highest BCUT2D eigenvalue weighted by Crippen LogP contribution is 2.20. The Labute approximate surface area is 129 Å². The van der Waals surface area contributed by atoms with Gasteiger partial charge in [-0.05, 0) is 59.3 Å². The molecular formula is C15H10FIN2O. The van der Waals surface area contributed by atoms with Crippen molar-refractivity contribution in [1.82, 2.24) is 0 Å². The van der Waals surface area contributed by atoms with Crippen LogP contribution in [-0.2, 0) is 0 Å². The molecule has 5 heteroatoms. The minimum absolute atomic E-state index is 0.0982. The SMILES string of the molecule is Cc1cccc(C(=O)Nc2ccc(F)cc2C#N)c1I. The van der Waals surface area contributed by atoms with E-state index >= 15 is 0 Å². The zero-order valence-electron chi connectivity index (χ0n) is 10.6. The van der Waals surface area contributed by atoms with Crippen LogP contribution in [0.2, 0.25) is 0 Å². The molecule has 0 aliphatic rings. The quantitative estimate of drug-likeness (QED) is 0.805. The number of nitrogens with zero attached hydrogens (tertiary/aromatic N) is 1. The van der Waals surface area contributed by atoms with Crippen LogP contribution in [0.5, 0.6) is 0 Å². The topological polar surface area (TPSA) is 52.9 Å². The number of carbonyl (C=O) groups is 1. The molecule has 100 valence electrons. The van der Waals surface area contributed by atoms with Crippen molar-refractivity contribution >= 4 is 34.2 Å². The van der Waals surface area contributed by atoms with Gasteiger partial charge in [-0.3, -0.25) is 4.79 Å². The molecule has 0 aliphatic heterocycles. The number of nitrogens with one attached hydrogen (secondary N) is 1. The van der Waals surface area contributed by atoms with Gasteiger partial charge in [0.15, 0.2) is 0 Å².